The molecule has 0 aromatic rings. The number of hydrogen-bond donors (Lipinski definition) is 1. The molecule has 1 aliphatic rings. The fourth-order valence-electron chi connectivity index (χ4n) is 2.19. The molecule has 4 heteroatoms. The van der Waals surface area contributed by atoms with Crippen LogP contribution in [0.2, 0.25) is 0 Å². The average molecular weight is 238 g/mol. The van der Waals surface area contributed by atoms with Gasteiger partial charge >= 0.3 is 11.9 Å². The van der Waals surface area contributed by atoms with Crippen LogP contribution >= 0.6 is 0 Å². The van der Waals surface area contributed by atoms with Gasteiger partial charge in [0.05, 0.1) is 0 Å². The summed E-state index contributed by atoms with van der Waals surface area (Å²) in [6.07, 6.45) is 9.00. The molecule has 0 saturated heterocycles. The predicted octanol–water partition coefficient (Wildman–Crippen LogP) is 2.45. The highest BCUT2D eigenvalue weighted by Gasteiger charge is 2.34. The lowest BCUT2D eigenvalue weighted by Gasteiger charge is -2.35. The SMILES string of the molecule is C=CCC1(OC(=O)/C=C/C(=O)O)CCCCC1. The first kappa shape index (κ1) is 13.5. The predicted molar refractivity (Wildman–Crippen MR) is 63.5 cm³/mol. The zero-order valence-corrected chi connectivity index (χ0v) is 9.85. The molecule has 1 saturated carbocycles. The fraction of sp³-hybridized carbons (Fsp3) is 0.538. The van der Waals surface area contributed by atoms with Gasteiger partial charge < -0.3 is 9.84 Å². The van der Waals surface area contributed by atoms with Crippen molar-refractivity contribution < 1.29 is 19.4 Å². The Morgan fingerprint density at radius 2 is 1.88 bits per heavy atom. The third-order valence-electron chi connectivity index (χ3n) is 2.96. The van der Waals surface area contributed by atoms with E-state index < -0.39 is 17.5 Å². The Hall–Kier alpha value is -1.58. The number of carbonyl (C=O) groups is 2. The van der Waals surface area contributed by atoms with Crippen LogP contribution in [0.1, 0.15) is 38.5 Å². The van der Waals surface area contributed by atoms with E-state index in [4.69, 9.17) is 9.84 Å². The Bertz CT molecular complexity index is 324. The van der Waals surface area contributed by atoms with Gasteiger partial charge in [-0.1, -0.05) is 12.5 Å². The van der Waals surface area contributed by atoms with E-state index in [-0.39, 0.29) is 0 Å². The zero-order valence-electron chi connectivity index (χ0n) is 9.85. The van der Waals surface area contributed by atoms with E-state index in [1.54, 1.807) is 6.08 Å². The maximum atomic E-state index is 11.5. The number of carboxylic acids is 1. The number of carbonyl (C=O) groups excluding carboxylic acids is 1. The first-order chi connectivity index (χ1) is 8.08. The highest BCUT2D eigenvalue weighted by Crippen LogP contribution is 2.34. The molecule has 1 aliphatic carbocycles. The van der Waals surface area contributed by atoms with Gasteiger partial charge in [-0.25, -0.2) is 9.59 Å². The number of esters is 1. The van der Waals surface area contributed by atoms with E-state index in [9.17, 15) is 9.59 Å². The largest absolute Gasteiger partial charge is 0.478 e. The van der Waals surface area contributed by atoms with Crippen LogP contribution in [0, 0.1) is 0 Å². The van der Waals surface area contributed by atoms with Crippen molar-refractivity contribution >= 4 is 11.9 Å². The molecule has 0 atom stereocenters. The molecule has 0 heterocycles. The van der Waals surface area contributed by atoms with Crippen molar-refractivity contribution in [1.82, 2.24) is 0 Å². The summed E-state index contributed by atoms with van der Waals surface area (Å²) < 4.78 is 5.41. The van der Waals surface area contributed by atoms with E-state index >= 15 is 0 Å². The minimum Gasteiger partial charge on any atom is -0.478 e. The molecule has 4 nitrogen and oxygen atoms in total. The summed E-state index contributed by atoms with van der Waals surface area (Å²) in [5.74, 6) is -1.74. The maximum absolute atomic E-state index is 11.5. The van der Waals surface area contributed by atoms with Crippen LogP contribution in [0.15, 0.2) is 24.8 Å². The molecule has 0 amide bonds. The van der Waals surface area contributed by atoms with Gasteiger partial charge in [0.2, 0.25) is 0 Å². The lowest BCUT2D eigenvalue weighted by atomic mass is 9.82. The first-order valence-electron chi connectivity index (χ1n) is 5.83. The van der Waals surface area contributed by atoms with E-state index in [1.807, 2.05) is 0 Å². The van der Waals surface area contributed by atoms with Crippen LogP contribution in [0.25, 0.3) is 0 Å². The highest BCUT2D eigenvalue weighted by molar-refractivity contribution is 5.90. The molecule has 0 aliphatic heterocycles. The normalized spacial score (nSPS) is 18.8. The van der Waals surface area contributed by atoms with Crippen molar-refractivity contribution in [1.29, 1.82) is 0 Å². The summed E-state index contributed by atoms with van der Waals surface area (Å²) in [4.78, 5) is 21.8. The Balaban J connectivity index is 2.62. The van der Waals surface area contributed by atoms with Crippen LogP contribution in [-0.2, 0) is 14.3 Å². The lowest BCUT2D eigenvalue weighted by Crippen LogP contribution is -2.36. The summed E-state index contributed by atoms with van der Waals surface area (Å²) in [5.41, 5.74) is -0.472. The van der Waals surface area contributed by atoms with Gasteiger partial charge in [-0.2, -0.15) is 0 Å². The van der Waals surface area contributed by atoms with Crippen molar-refractivity contribution in [3.63, 3.8) is 0 Å². The van der Waals surface area contributed by atoms with E-state index in [0.29, 0.717) is 6.42 Å². The van der Waals surface area contributed by atoms with E-state index in [2.05, 4.69) is 6.58 Å². The van der Waals surface area contributed by atoms with Gasteiger partial charge in [-0.3, -0.25) is 0 Å². The molecule has 0 radical (unpaired) electrons. The maximum Gasteiger partial charge on any atom is 0.331 e. The Labute approximate surface area is 101 Å². The quantitative estimate of drug-likeness (QED) is 0.454. The van der Waals surface area contributed by atoms with Gasteiger partial charge in [0.15, 0.2) is 0 Å². The third kappa shape index (κ3) is 4.43. The van der Waals surface area contributed by atoms with Crippen molar-refractivity contribution in [2.45, 2.75) is 44.1 Å². The molecule has 1 rings (SSSR count). The molecule has 0 aromatic heterocycles. The smallest absolute Gasteiger partial charge is 0.331 e. The Morgan fingerprint density at radius 1 is 1.24 bits per heavy atom. The number of rotatable bonds is 5. The van der Waals surface area contributed by atoms with Crippen molar-refractivity contribution in [3.8, 4) is 0 Å². The number of carboxylic acid groups (broad SMARTS) is 1. The molecule has 0 aromatic carbocycles. The minimum absolute atomic E-state index is 0.472. The third-order valence-corrected chi connectivity index (χ3v) is 2.96. The van der Waals surface area contributed by atoms with Crippen molar-refractivity contribution in [3.05, 3.63) is 24.8 Å². The molecule has 0 bridgehead atoms. The van der Waals surface area contributed by atoms with Gasteiger partial charge in [0, 0.05) is 18.6 Å². The number of ether oxygens (including phenoxy) is 1. The fourth-order valence-corrected chi connectivity index (χ4v) is 2.19. The Morgan fingerprint density at radius 3 is 2.41 bits per heavy atom. The van der Waals surface area contributed by atoms with Crippen LogP contribution in [-0.4, -0.2) is 22.6 Å². The number of hydrogen-bond acceptors (Lipinski definition) is 3. The van der Waals surface area contributed by atoms with Gasteiger partial charge in [0.25, 0.3) is 0 Å². The summed E-state index contributed by atoms with van der Waals surface area (Å²) in [6, 6.07) is 0. The van der Waals surface area contributed by atoms with E-state index in [1.165, 1.54) is 0 Å². The minimum atomic E-state index is -1.15. The van der Waals surface area contributed by atoms with Crippen molar-refractivity contribution in [2.24, 2.45) is 0 Å². The van der Waals surface area contributed by atoms with Crippen LogP contribution < -0.4 is 0 Å². The summed E-state index contributed by atoms with van der Waals surface area (Å²) >= 11 is 0. The molecule has 1 fully saturated rings. The first-order valence-corrected chi connectivity index (χ1v) is 5.83. The second-order valence-corrected chi connectivity index (χ2v) is 4.33. The van der Waals surface area contributed by atoms with Gasteiger partial charge in [-0.05, 0) is 25.7 Å². The molecule has 17 heavy (non-hydrogen) atoms. The van der Waals surface area contributed by atoms with Crippen LogP contribution in [0.5, 0.6) is 0 Å². The molecule has 0 unspecified atom stereocenters. The highest BCUT2D eigenvalue weighted by atomic mass is 16.6. The molecular weight excluding hydrogens is 220 g/mol. The lowest BCUT2D eigenvalue weighted by molar-refractivity contribution is -0.157. The standard InChI is InChI=1S/C13H18O4/c1-2-8-13(9-4-3-5-10-13)17-12(16)7-6-11(14)15/h2,6-7H,1,3-5,8-10H2,(H,14,15)/b7-6+. The van der Waals surface area contributed by atoms with Crippen molar-refractivity contribution in [2.75, 3.05) is 0 Å². The topological polar surface area (TPSA) is 63.6 Å². The molecule has 1 N–H and O–H groups in total. The average Bonchev–Trinajstić information content (AvgIpc) is 2.28. The molecular formula is C13H18O4. The molecule has 0 spiro atoms. The number of aliphatic carboxylic acids is 1. The summed E-state index contributed by atoms with van der Waals surface area (Å²) in [6.45, 7) is 3.68. The van der Waals surface area contributed by atoms with Crippen LogP contribution in [0.3, 0.4) is 0 Å². The monoisotopic (exact) mass is 238 g/mol. The molecule has 94 valence electrons. The van der Waals surface area contributed by atoms with Crippen LogP contribution in [0.4, 0.5) is 0 Å². The second kappa shape index (κ2) is 6.23. The van der Waals surface area contributed by atoms with E-state index in [0.717, 1.165) is 44.3 Å². The summed E-state index contributed by atoms with van der Waals surface area (Å²) in [5, 5.41) is 8.43. The zero-order chi connectivity index (χ0) is 12.7. The Kier molecular flexibility index (Phi) is 4.94. The second-order valence-electron chi connectivity index (χ2n) is 4.33. The van der Waals surface area contributed by atoms with Gasteiger partial charge in [0.1, 0.15) is 5.60 Å². The summed E-state index contributed by atoms with van der Waals surface area (Å²) in [7, 11) is 0. The van der Waals surface area contributed by atoms with Gasteiger partial charge in [-0.15, -0.1) is 6.58 Å².